The number of hydrogen-bond donors (Lipinski definition) is 1. The average Bonchev–Trinajstić information content (AvgIpc) is 3.18. The van der Waals surface area contributed by atoms with Gasteiger partial charge in [-0.05, 0) is 30.2 Å². The second-order valence-corrected chi connectivity index (χ2v) is 8.99. The standard InChI is InChI=1S/C25H31F2N5O/c1-4-30-9-11-31(12-10-30)15-18-5-7-19(8-6-18)29-25(33)24(17(2)3)32-16-28-22-13-20(26)21(27)14-23(22)32/h5-8,13-14,16-17,24H,4,9-12,15H2,1-3H3,(H,29,33). The number of carbonyl (C=O) groups excluding carboxylic acids is 1. The van der Waals surface area contributed by atoms with Crippen molar-refractivity contribution in [1.29, 1.82) is 0 Å². The predicted octanol–water partition coefficient (Wildman–Crippen LogP) is 4.29. The van der Waals surface area contributed by atoms with Crippen molar-refractivity contribution < 1.29 is 13.6 Å². The first kappa shape index (κ1) is 23.3. The van der Waals surface area contributed by atoms with E-state index >= 15 is 0 Å². The number of anilines is 1. The molecule has 2 aromatic carbocycles. The van der Waals surface area contributed by atoms with E-state index in [-0.39, 0.29) is 11.8 Å². The van der Waals surface area contributed by atoms with Gasteiger partial charge in [-0.25, -0.2) is 13.8 Å². The zero-order valence-corrected chi connectivity index (χ0v) is 19.4. The second kappa shape index (κ2) is 9.97. The Balaban J connectivity index is 1.44. The van der Waals surface area contributed by atoms with Gasteiger partial charge < -0.3 is 14.8 Å². The van der Waals surface area contributed by atoms with E-state index in [0.717, 1.165) is 51.4 Å². The molecule has 1 aliphatic heterocycles. The number of fused-ring (bicyclic) bond motifs is 1. The fraction of sp³-hybridized carbons (Fsp3) is 0.440. The lowest BCUT2D eigenvalue weighted by Crippen LogP contribution is -2.45. The number of nitrogens with one attached hydrogen (secondary N) is 1. The lowest BCUT2D eigenvalue weighted by atomic mass is 10.0. The van der Waals surface area contributed by atoms with Crippen molar-refractivity contribution in [3.05, 3.63) is 59.9 Å². The van der Waals surface area contributed by atoms with Crippen molar-refractivity contribution in [2.24, 2.45) is 5.92 Å². The first-order valence-corrected chi connectivity index (χ1v) is 11.5. The van der Waals surface area contributed by atoms with Crippen LogP contribution in [0, 0.1) is 17.6 Å². The third kappa shape index (κ3) is 5.23. The largest absolute Gasteiger partial charge is 0.324 e. The number of nitrogens with zero attached hydrogens (tertiary/aromatic N) is 4. The van der Waals surface area contributed by atoms with Gasteiger partial charge in [-0.3, -0.25) is 9.69 Å². The maximum atomic E-state index is 13.8. The summed E-state index contributed by atoms with van der Waals surface area (Å²) in [6.45, 7) is 12.3. The average molecular weight is 456 g/mol. The van der Waals surface area contributed by atoms with E-state index in [1.54, 1.807) is 4.57 Å². The lowest BCUT2D eigenvalue weighted by Gasteiger charge is -2.34. The molecular formula is C25H31F2N5O. The van der Waals surface area contributed by atoms with E-state index in [2.05, 4.69) is 27.0 Å². The van der Waals surface area contributed by atoms with Gasteiger partial charge >= 0.3 is 0 Å². The summed E-state index contributed by atoms with van der Waals surface area (Å²) >= 11 is 0. The van der Waals surface area contributed by atoms with E-state index in [1.165, 1.54) is 11.9 Å². The predicted molar refractivity (Wildman–Crippen MR) is 126 cm³/mol. The van der Waals surface area contributed by atoms with Crippen molar-refractivity contribution in [3.8, 4) is 0 Å². The van der Waals surface area contributed by atoms with Crippen LogP contribution in [-0.4, -0.2) is 58.0 Å². The summed E-state index contributed by atoms with van der Waals surface area (Å²) in [5.74, 6) is -2.22. The van der Waals surface area contributed by atoms with E-state index in [1.807, 2.05) is 38.1 Å². The highest BCUT2D eigenvalue weighted by molar-refractivity contribution is 5.95. The molecule has 0 spiro atoms. The smallest absolute Gasteiger partial charge is 0.247 e. The first-order valence-electron chi connectivity index (χ1n) is 11.5. The summed E-state index contributed by atoms with van der Waals surface area (Å²) < 4.78 is 29.0. The number of piperazine rings is 1. The minimum absolute atomic E-state index is 0.0865. The number of rotatable bonds is 7. The van der Waals surface area contributed by atoms with Gasteiger partial charge in [-0.15, -0.1) is 0 Å². The Morgan fingerprint density at radius 1 is 1.03 bits per heavy atom. The SMILES string of the molecule is CCN1CCN(Cc2ccc(NC(=O)C(C(C)C)n3cnc4cc(F)c(F)cc43)cc2)CC1. The van der Waals surface area contributed by atoms with Gasteiger partial charge in [-0.2, -0.15) is 0 Å². The van der Waals surface area contributed by atoms with Gasteiger partial charge in [-0.1, -0.05) is 32.9 Å². The van der Waals surface area contributed by atoms with Crippen molar-refractivity contribution >= 4 is 22.6 Å². The molecule has 2 heterocycles. The van der Waals surface area contributed by atoms with Crippen LogP contribution in [0.3, 0.4) is 0 Å². The van der Waals surface area contributed by atoms with Crippen LogP contribution >= 0.6 is 0 Å². The Morgan fingerprint density at radius 3 is 2.30 bits per heavy atom. The van der Waals surface area contributed by atoms with Gasteiger partial charge in [0.05, 0.1) is 17.4 Å². The van der Waals surface area contributed by atoms with E-state index in [9.17, 15) is 13.6 Å². The highest BCUT2D eigenvalue weighted by atomic mass is 19.2. The number of amides is 1. The van der Waals surface area contributed by atoms with Crippen LogP contribution in [0.5, 0.6) is 0 Å². The Kier molecular flexibility index (Phi) is 7.05. The molecule has 1 fully saturated rings. The van der Waals surface area contributed by atoms with Crippen LogP contribution in [0.2, 0.25) is 0 Å². The van der Waals surface area contributed by atoms with E-state index in [0.29, 0.717) is 16.7 Å². The zero-order valence-electron chi connectivity index (χ0n) is 19.4. The molecule has 0 saturated carbocycles. The molecule has 1 atom stereocenters. The molecule has 3 aromatic rings. The first-order chi connectivity index (χ1) is 15.9. The number of likely N-dealkylation sites (N-methyl/N-ethyl adjacent to an activating group) is 1. The van der Waals surface area contributed by atoms with E-state index in [4.69, 9.17) is 0 Å². The fourth-order valence-electron chi connectivity index (χ4n) is 4.43. The molecule has 0 bridgehead atoms. The van der Waals surface area contributed by atoms with Crippen molar-refractivity contribution in [2.75, 3.05) is 38.0 Å². The number of halogens is 2. The molecule has 1 aromatic heterocycles. The van der Waals surface area contributed by atoms with Crippen LogP contribution in [0.25, 0.3) is 11.0 Å². The van der Waals surface area contributed by atoms with Gasteiger partial charge in [0, 0.05) is 50.5 Å². The Bertz CT molecular complexity index is 1100. The van der Waals surface area contributed by atoms with Crippen LogP contribution in [0.15, 0.2) is 42.7 Å². The Labute approximate surface area is 193 Å². The van der Waals surface area contributed by atoms with Crippen molar-refractivity contribution in [3.63, 3.8) is 0 Å². The summed E-state index contributed by atoms with van der Waals surface area (Å²) in [6.07, 6.45) is 1.47. The third-order valence-electron chi connectivity index (χ3n) is 6.36. The Morgan fingerprint density at radius 2 is 1.67 bits per heavy atom. The summed E-state index contributed by atoms with van der Waals surface area (Å²) in [5.41, 5.74) is 2.61. The van der Waals surface area contributed by atoms with Gasteiger partial charge in [0.2, 0.25) is 5.91 Å². The van der Waals surface area contributed by atoms with Crippen LogP contribution < -0.4 is 5.32 Å². The molecule has 4 rings (SSSR count). The molecule has 1 amide bonds. The van der Waals surface area contributed by atoms with Crippen LogP contribution in [-0.2, 0) is 11.3 Å². The summed E-state index contributed by atoms with van der Waals surface area (Å²) in [7, 11) is 0. The normalized spacial score (nSPS) is 16.4. The molecule has 1 unspecified atom stereocenters. The van der Waals surface area contributed by atoms with Gasteiger partial charge in [0.15, 0.2) is 11.6 Å². The monoisotopic (exact) mass is 455 g/mol. The molecule has 176 valence electrons. The summed E-state index contributed by atoms with van der Waals surface area (Å²) in [4.78, 5) is 22.2. The number of aromatic nitrogens is 2. The molecule has 6 nitrogen and oxygen atoms in total. The molecule has 1 aliphatic rings. The number of benzene rings is 2. The number of imidazole rings is 1. The number of carbonyl (C=O) groups is 1. The van der Waals surface area contributed by atoms with Crippen molar-refractivity contribution in [2.45, 2.75) is 33.4 Å². The minimum atomic E-state index is -0.959. The molecule has 8 heteroatoms. The van der Waals surface area contributed by atoms with Gasteiger partial charge in [0.1, 0.15) is 6.04 Å². The summed E-state index contributed by atoms with van der Waals surface area (Å²) in [5, 5.41) is 2.97. The lowest BCUT2D eigenvalue weighted by molar-refractivity contribution is -0.120. The highest BCUT2D eigenvalue weighted by Gasteiger charge is 2.26. The number of hydrogen-bond acceptors (Lipinski definition) is 4. The van der Waals surface area contributed by atoms with Crippen molar-refractivity contribution in [1.82, 2.24) is 19.4 Å². The maximum Gasteiger partial charge on any atom is 0.247 e. The fourth-order valence-corrected chi connectivity index (χ4v) is 4.43. The quantitative estimate of drug-likeness (QED) is 0.578. The minimum Gasteiger partial charge on any atom is -0.324 e. The molecule has 1 saturated heterocycles. The summed E-state index contributed by atoms with van der Waals surface area (Å²) in [6, 6.07) is 9.43. The molecule has 1 N–H and O–H groups in total. The molecule has 33 heavy (non-hydrogen) atoms. The zero-order chi connectivity index (χ0) is 23.5. The topological polar surface area (TPSA) is 53.4 Å². The van der Waals surface area contributed by atoms with Crippen LogP contribution in [0.1, 0.15) is 32.4 Å². The Hall–Kier alpha value is -2.84. The van der Waals surface area contributed by atoms with Gasteiger partial charge in [0.25, 0.3) is 0 Å². The molecule has 0 aliphatic carbocycles. The molecule has 0 radical (unpaired) electrons. The highest BCUT2D eigenvalue weighted by Crippen LogP contribution is 2.27. The molecular weight excluding hydrogens is 424 g/mol. The van der Waals surface area contributed by atoms with E-state index < -0.39 is 17.7 Å². The van der Waals surface area contributed by atoms with Crippen LogP contribution in [0.4, 0.5) is 14.5 Å². The second-order valence-electron chi connectivity index (χ2n) is 8.99. The third-order valence-corrected chi connectivity index (χ3v) is 6.36. The maximum absolute atomic E-state index is 13.8.